The lowest BCUT2D eigenvalue weighted by atomic mass is 10.1. The van der Waals surface area contributed by atoms with E-state index in [9.17, 15) is 4.79 Å². The minimum absolute atomic E-state index is 0.164. The Kier molecular flexibility index (Phi) is 4.70. The van der Waals surface area contributed by atoms with Crippen LogP contribution in [-0.4, -0.2) is 12.1 Å². The Hall–Kier alpha value is -2.20. The van der Waals surface area contributed by atoms with Gasteiger partial charge in [-0.15, -0.1) is 0 Å². The highest BCUT2D eigenvalue weighted by Crippen LogP contribution is 2.26. The van der Waals surface area contributed by atoms with Crippen LogP contribution in [0, 0.1) is 0 Å². The fourth-order valence-corrected chi connectivity index (χ4v) is 2.00. The number of carbonyl (C=O) groups is 1. The van der Waals surface area contributed by atoms with Gasteiger partial charge < -0.3 is 15.8 Å². The van der Waals surface area contributed by atoms with Gasteiger partial charge >= 0.3 is 5.97 Å². The number of anilines is 3. The lowest BCUT2D eigenvalue weighted by Crippen LogP contribution is -2.12. The first-order valence-electron chi connectivity index (χ1n) is 6.59. The smallest absolute Gasteiger partial charge is 0.338 e. The van der Waals surface area contributed by atoms with E-state index in [2.05, 4.69) is 5.32 Å². The molecular weight excluding hydrogens is 288 g/mol. The number of ether oxygens (including phenoxy) is 1. The summed E-state index contributed by atoms with van der Waals surface area (Å²) < 4.78 is 5.13. The number of rotatable bonds is 4. The van der Waals surface area contributed by atoms with E-state index in [-0.39, 0.29) is 12.1 Å². The van der Waals surface area contributed by atoms with E-state index < -0.39 is 0 Å². The van der Waals surface area contributed by atoms with E-state index in [4.69, 9.17) is 22.1 Å². The molecule has 0 aliphatic heterocycles. The van der Waals surface area contributed by atoms with Gasteiger partial charge in [-0.3, -0.25) is 0 Å². The molecule has 0 unspecified atom stereocenters. The lowest BCUT2D eigenvalue weighted by Gasteiger charge is -2.12. The van der Waals surface area contributed by atoms with Crippen LogP contribution < -0.4 is 11.1 Å². The molecule has 0 aromatic heterocycles. The first-order chi connectivity index (χ1) is 9.95. The Morgan fingerprint density at radius 3 is 2.62 bits per heavy atom. The van der Waals surface area contributed by atoms with Crippen molar-refractivity contribution in [3.8, 4) is 0 Å². The first-order valence-corrected chi connectivity index (χ1v) is 6.96. The number of halogens is 1. The summed E-state index contributed by atoms with van der Waals surface area (Å²) in [4.78, 5) is 11.8. The highest BCUT2D eigenvalue weighted by atomic mass is 35.5. The maximum atomic E-state index is 11.8. The van der Waals surface area contributed by atoms with Crippen LogP contribution in [0.5, 0.6) is 0 Å². The molecule has 21 heavy (non-hydrogen) atoms. The van der Waals surface area contributed by atoms with Crippen molar-refractivity contribution < 1.29 is 9.53 Å². The van der Waals surface area contributed by atoms with Gasteiger partial charge in [-0.1, -0.05) is 17.7 Å². The molecule has 0 amide bonds. The second-order valence-electron chi connectivity index (χ2n) is 4.89. The average Bonchev–Trinajstić information content (AvgIpc) is 2.40. The van der Waals surface area contributed by atoms with Crippen LogP contribution in [0.25, 0.3) is 0 Å². The third-order valence-electron chi connectivity index (χ3n) is 2.73. The van der Waals surface area contributed by atoms with Crippen LogP contribution in [-0.2, 0) is 4.74 Å². The number of carbonyl (C=O) groups excluding carboxylic acids is 1. The minimum atomic E-state index is -0.383. The van der Waals surface area contributed by atoms with E-state index in [0.717, 1.165) is 5.69 Å². The first kappa shape index (κ1) is 15.2. The Labute approximate surface area is 128 Å². The number of hydrogen-bond donors (Lipinski definition) is 2. The average molecular weight is 305 g/mol. The van der Waals surface area contributed by atoms with Crippen LogP contribution in [0.15, 0.2) is 42.5 Å². The molecule has 2 aromatic carbocycles. The van der Waals surface area contributed by atoms with Crippen molar-refractivity contribution in [2.75, 3.05) is 11.1 Å². The molecule has 0 saturated heterocycles. The Morgan fingerprint density at radius 2 is 2.00 bits per heavy atom. The number of nitrogens with one attached hydrogen (secondary N) is 1. The quantitative estimate of drug-likeness (QED) is 0.655. The summed E-state index contributed by atoms with van der Waals surface area (Å²) in [6, 6.07) is 12.3. The Balaban J connectivity index is 2.18. The molecule has 110 valence electrons. The van der Waals surface area contributed by atoms with Crippen LogP contribution >= 0.6 is 11.6 Å². The summed E-state index contributed by atoms with van der Waals surface area (Å²) in [5.74, 6) is -0.383. The Morgan fingerprint density at radius 1 is 1.24 bits per heavy atom. The number of nitrogens with two attached hydrogens (primary N) is 1. The SMILES string of the molecule is CC(C)OC(=O)c1ccc(Nc2cccc(Cl)c2)c(N)c1. The summed E-state index contributed by atoms with van der Waals surface area (Å²) in [6.07, 6.45) is -0.164. The summed E-state index contributed by atoms with van der Waals surface area (Å²) in [7, 11) is 0. The summed E-state index contributed by atoms with van der Waals surface area (Å²) in [5.41, 5.74) is 8.40. The molecule has 5 heteroatoms. The van der Waals surface area contributed by atoms with Gasteiger partial charge in [-0.25, -0.2) is 4.79 Å². The van der Waals surface area contributed by atoms with Crippen molar-refractivity contribution in [1.82, 2.24) is 0 Å². The van der Waals surface area contributed by atoms with E-state index >= 15 is 0 Å². The molecule has 0 spiro atoms. The zero-order valence-electron chi connectivity index (χ0n) is 11.9. The van der Waals surface area contributed by atoms with Gasteiger partial charge in [0.25, 0.3) is 0 Å². The number of nitrogen functional groups attached to an aromatic ring is 1. The highest BCUT2D eigenvalue weighted by Gasteiger charge is 2.11. The molecule has 0 aliphatic carbocycles. The zero-order valence-corrected chi connectivity index (χ0v) is 12.6. The zero-order chi connectivity index (χ0) is 15.4. The predicted molar refractivity (Wildman–Crippen MR) is 86.1 cm³/mol. The van der Waals surface area contributed by atoms with Gasteiger partial charge in [0, 0.05) is 10.7 Å². The standard InChI is InChI=1S/C16H17ClN2O2/c1-10(2)21-16(20)11-6-7-15(14(18)8-11)19-13-5-3-4-12(17)9-13/h3-10,19H,18H2,1-2H3. The molecule has 0 aliphatic rings. The third-order valence-corrected chi connectivity index (χ3v) is 2.97. The van der Waals surface area contributed by atoms with Crippen molar-refractivity contribution in [3.05, 3.63) is 53.1 Å². The lowest BCUT2D eigenvalue weighted by molar-refractivity contribution is 0.0378. The molecule has 2 rings (SSSR count). The largest absolute Gasteiger partial charge is 0.459 e. The maximum absolute atomic E-state index is 11.8. The molecule has 0 heterocycles. The van der Waals surface area contributed by atoms with Gasteiger partial charge in [0.15, 0.2) is 0 Å². The number of esters is 1. The van der Waals surface area contributed by atoms with E-state index in [1.165, 1.54) is 0 Å². The second kappa shape index (κ2) is 6.50. The number of hydrogen-bond acceptors (Lipinski definition) is 4. The summed E-state index contributed by atoms with van der Waals surface area (Å²) in [5, 5.41) is 3.79. The van der Waals surface area contributed by atoms with E-state index in [1.54, 1.807) is 44.2 Å². The van der Waals surface area contributed by atoms with Gasteiger partial charge in [0.1, 0.15) is 0 Å². The molecule has 0 bridgehead atoms. The fraction of sp³-hybridized carbons (Fsp3) is 0.188. The van der Waals surface area contributed by atoms with Crippen LogP contribution in [0.4, 0.5) is 17.1 Å². The molecule has 0 fully saturated rings. The maximum Gasteiger partial charge on any atom is 0.338 e. The predicted octanol–water partition coefficient (Wildman–Crippen LogP) is 4.23. The van der Waals surface area contributed by atoms with Gasteiger partial charge in [0.05, 0.1) is 23.0 Å². The van der Waals surface area contributed by atoms with Crippen molar-refractivity contribution in [3.63, 3.8) is 0 Å². The van der Waals surface area contributed by atoms with Crippen LogP contribution in [0.1, 0.15) is 24.2 Å². The minimum Gasteiger partial charge on any atom is -0.459 e. The van der Waals surface area contributed by atoms with Gasteiger partial charge in [0.2, 0.25) is 0 Å². The molecule has 0 atom stereocenters. The molecule has 3 N–H and O–H groups in total. The monoisotopic (exact) mass is 304 g/mol. The molecule has 4 nitrogen and oxygen atoms in total. The van der Waals surface area contributed by atoms with Crippen molar-refractivity contribution in [1.29, 1.82) is 0 Å². The van der Waals surface area contributed by atoms with Crippen LogP contribution in [0.2, 0.25) is 5.02 Å². The van der Waals surface area contributed by atoms with Crippen molar-refractivity contribution in [2.24, 2.45) is 0 Å². The molecular formula is C16H17ClN2O2. The van der Waals surface area contributed by atoms with E-state index in [1.807, 2.05) is 12.1 Å². The Bertz CT molecular complexity index is 656. The molecule has 2 aromatic rings. The van der Waals surface area contributed by atoms with Gasteiger partial charge in [-0.2, -0.15) is 0 Å². The number of benzene rings is 2. The molecule has 0 radical (unpaired) electrons. The second-order valence-corrected chi connectivity index (χ2v) is 5.33. The topological polar surface area (TPSA) is 64.3 Å². The highest BCUT2D eigenvalue weighted by molar-refractivity contribution is 6.30. The van der Waals surface area contributed by atoms with Crippen molar-refractivity contribution in [2.45, 2.75) is 20.0 Å². The normalized spacial score (nSPS) is 10.5. The third kappa shape index (κ3) is 4.13. The van der Waals surface area contributed by atoms with Gasteiger partial charge in [-0.05, 0) is 50.2 Å². The van der Waals surface area contributed by atoms with Crippen LogP contribution in [0.3, 0.4) is 0 Å². The van der Waals surface area contributed by atoms with E-state index in [0.29, 0.717) is 22.0 Å². The summed E-state index contributed by atoms with van der Waals surface area (Å²) >= 11 is 5.93. The molecule has 0 saturated carbocycles. The van der Waals surface area contributed by atoms with Crippen molar-refractivity contribution >= 4 is 34.6 Å². The summed E-state index contributed by atoms with van der Waals surface area (Å²) in [6.45, 7) is 3.60. The fourth-order valence-electron chi connectivity index (χ4n) is 1.81.